The van der Waals surface area contributed by atoms with E-state index in [1.54, 1.807) is 12.1 Å². The fraction of sp³-hybridized carbons (Fsp3) is 0.571. The molecule has 0 saturated carbocycles. The maximum atomic E-state index is 12.4. The third kappa shape index (κ3) is 4.30. The van der Waals surface area contributed by atoms with Gasteiger partial charge in [0.2, 0.25) is 0 Å². The van der Waals surface area contributed by atoms with E-state index in [0.29, 0.717) is 11.8 Å². The number of halogens is 4. The van der Waals surface area contributed by atoms with Gasteiger partial charge >= 0.3 is 6.18 Å². The van der Waals surface area contributed by atoms with Crippen molar-refractivity contribution in [1.29, 1.82) is 0 Å². The molecule has 0 fully saturated rings. The Morgan fingerprint density at radius 1 is 1.06 bits per heavy atom. The van der Waals surface area contributed by atoms with E-state index in [2.05, 4.69) is 36.7 Å². The normalized spacial score (nSPS) is 15.8. The smallest absolute Gasteiger partial charge is 0.166 e. The fourth-order valence-electron chi connectivity index (χ4n) is 1.66. The Bertz CT molecular complexity index is 368. The van der Waals surface area contributed by atoms with E-state index < -0.39 is 11.7 Å². The minimum atomic E-state index is -4.25. The second kappa shape index (κ2) is 6.09. The van der Waals surface area contributed by atoms with Crippen molar-refractivity contribution < 1.29 is 13.2 Å². The maximum absolute atomic E-state index is 12.4. The van der Waals surface area contributed by atoms with Crippen LogP contribution in [0.25, 0.3) is 0 Å². The fourth-order valence-corrected chi connectivity index (χ4v) is 2.64. The third-order valence-electron chi connectivity index (χ3n) is 3.33. The van der Waals surface area contributed by atoms with E-state index in [1.165, 1.54) is 0 Å². The molecule has 0 aliphatic carbocycles. The Kier molecular flexibility index (Phi) is 5.26. The molecular formula is C14H18BrF3. The lowest BCUT2D eigenvalue weighted by Crippen LogP contribution is -2.19. The highest BCUT2D eigenvalue weighted by Gasteiger charge is 2.30. The molecule has 0 heterocycles. The molecule has 0 N–H and O–H groups in total. The summed E-state index contributed by atoms with van der Waals surface area (Å²) >= 11 is 3.62. The molecule has 1 aromatic rings. The van der Waals surface area contributed by atoms with Gasteiger partial charge in [0, 0.05) is 4.83 Å². The molecule has 2 atom stereocenters. The second-order valence-corrected chi connectivity index (χ2v) is 6.19. The van der Waals surface area contributed by atoms with Gasteiger partial charge in [-0.15, -0.1) is 0 Å². The molecule has 18 heavy (non-hydrogen) atoms. The summed E-state index contributed by atoms with van der Waals surface area (Å²) < 4.78 is 37.2. The van der Waals surface area contributed by atoms with Gasteiger partial charge in [-0.3, -0.25) is 0 Å². The molecule has 1 aromatic carbocycles. The minimum Gasteiger partial charge on any atom is -0.166 e. The van der Waals surface area contributed by atoms with Crippen LogP contribution in [0, 0.1) is 11.8 Å². The first kappa shape index (κ1) is 15.5. The van der Waals surface area contributed by atoms with Gasteiger partial charge in [0.25, 0.3) is 0 Å². The molecule has 0 bridgehead atoms. The Morgan fingerprint density at radius 2 is 1.56 bits per heavy atom. The van der Waals surface area contributed by atoms with Crippen molar-refractivity contribution in [3.05, 3.63) is 35.4 Å². The highest BCUT2D eigenvalue weighted by atomic mass is 79.9. The summed E-state index contributed by atoms with van der Waals surface area (Å²) in [6.07, 6.45) is -3.50. The van der Waals surface area contributed by atoms with Crippen LogP contribution in [-0.4, -0.2) is 4.83 Å². The molecule has 0 aliphatic heterocycles. The zero-order valence-electron chi connectivity index (χ0n) is 10.8. The van der Waals surface area contributed by atoms with Crippen molar-refractivity contribution >= 4 is 15.9 Å². The highest BCUT2D eigenvalue weighted by molar-refractivity contribution is 9.09. The van der Waals surface area contributed by atoms with Crippen molar-refractivity contribution in [3.8, 4) is 0 Å². The summed E-state index contributed by atoms with van der Waals surface area (Å²) in [5, 5.41) is 0. The van der Waals surface area contributed by atoms with Crippen LogP contribution in [-0.2, 0) is 12.6 Å². The molecule has 0 aromatic heterocycles. The van der Waals surface area contributed by atoms with E-state index in [-0.39, 0.29) is 4.83 Å². The number of hydrogen-bond donors (Lipinski definition) is 0. The molecule has 0 spiro atoms. The minimum absolute atomic E-state index is 0.286. The molecule has 0 radical (unpaired) electrons. The van der Waals surface area contributed by atoms with Crippen LogP contribution in [0.3, 0.4) is 0 Å². The predicted molar refractivity (Wildman–Crippen MR) is 71.9 cm³/mol. The first-order chi connectivity index (χ1) is 8.21. The summed E-state index contributed by atoms with van der Waals surface area (Å²) in [5.74, 6) is 1.02. The maximum Gasteiger partial charge on any atom is 0.416 e. The Morgan fingerprint density at radius 3 is 1.94 bits per heavy atom. The summed E-state index contributed by atoms with van der Waals surface area (Å²) in [6, 6.07) is 5.42. The summed E-state index contributed by atoms with van der Waals surface area (Å²) in [5.41, 5.74) is 0.339. The zero-order chi connectivity index (χ0) is 13.9. The standard InChI is InChI=1S/C14H18BrF3/c1-9(2)10(3)13(15)8-11-4-6-12(7-5-11)14(16,17)18/h4-7,9-10,13H,8H2,1-3H3. The van der Waals surface area contributed by atoms with Crippen LogP contribution in [0.5, 0.6) is 0 Å². The monoisotopic (exact) mass is 322 g/mol. The van der Waals surface area contributed by atoms with E-state index >= 15 is 0 Å². The Balaban J connectivity index is 2.70. The first-order valence-corrected chi connectivity index (χ1v) is 6.93. The average molecular weight is 323 g/mol. The molecule has 1 rings (SSSR count). The van der Waals surface area contributed by atoms with Crippen LogP contribution in [0.4, 0.5) is 13.2 Å². The Hall–Kier alpha value is -0.510. The Labute approximate surface area is 115 Å². The molecule has 0 nitrogen and oxygen atoms in total. The van der Waals surface area contributed by atoms with Crippen molar-refractivity contribution in [1.82, 2.24) is 0 Å². The van der Waals surface area contributed by atoms with Gasteiger partial charge in [-0.1, -0.05) is 48.8 Å². The quantitative estimate of drug-likeness (QED) is 0.659. The van der Waals surface area contributed by atoms with Crippen LogP contribution in [0.15, 0.2) is 24.3 Å². The lowest BCUT2D eigenvalue weighted by atomic mass is 9.91. The first-order valence-electron chi connectivity index (χ1n) is 6.02. The lowest BCUT2D eigenvalue weighted by Gasteiger charge is -2.22. The molecule has 102 valence electrons. The number of rotatable bonds is 4. The number of benzene rings is 1. The van der Waals surface area contributed by atoms with Gasteiger partial charge in [0.1, 0.15) is 0 Å². The lowest BCUT2D eigenvalue weighted by molar-refractivity contribution is -0.137. The summed E-state index contributed by atoms with van der Waals surface area (Å²) in [6.45, 7) is 6.44. The average Bonchev–Trinajstić information content (AvgIpc) is 2.27. The molecule has 0 saturated heterocycles. The summed E-state index contributed by atoms with van der Waals surface area (Å²) in [4.78, 5) is 0.286. The highest BCUT2D eigenvalue weighted by Crippen LogP contribution is 2.30. The van der Waals surface area contributed by atoms with Crippen LogP contribution >= 0.6 is 15.9 Å². The van der Waals surface area contributed by atoms with Crippen molar-refractivity contribution in [2.45, 2.75) is 38.2 Å². The topological polar surface area (TPSA) is 0 Å². The van der Waals surface area contributed by atoms with E-state index in [4.69, 9.17) is 0 Å². The van der Waals surface area contributed by atoms with Crippen LogP contribution < -0.4 is 0 Å². The molecule has 0 aliphatic rings. The third-order valence-corrected chi connectivity index (χ3v) is 4.49. The van der Waals surface area contributed by atoms with E-state index in [9.17, 15) is 13.2 Å². The number of hydrogen-bond acceptors (Lipinski definition) is 0. The molecular weight excluding hydrogens is 305 g/mol. The van der Waals surface area contributed by atoms with Crippen molar-refractivity contribution in [3.63, 3.8) is 0 Å². The number of alkyl halides is 4. The van der Waals surface area contributed by atoms with Gasteiger partial charge in [0.15, 0.2) is 0 Å². The SMILES string of the molecule is CC(C)C(C)C(Br)Cc1ccc(C(F)(F)F)cc1. The van der Waals surface area contributed by atoms with E-state index in [0.717, 1.165) is 24.1 Å². The van der Waals surface area contributed by atoms with Gasteiger partial charge in [0.05, 0.1) is 5.56 Å². The van der Waals surface area contributed by atoms with Gasteiger partial charge < -0.3 is 0 Å². The van der Waals surface area contributed by atoms with Crippen LogP contribution in [0.2, 0.25) is 0 Å². The molecule has 4 heteroatoms. The largest absolute Gasteiger partial charge is 0.416 e. The zero-order valence-corrected chi connectivity index (χ0v) is 12.3. The molecule has 0 amide bonds. The van der Waals surface area contributed by atoms with Gasteiger partial charge in [-0.05, 0) is 36.0 Å². The van der Waals surface area contributed by atoms with Gasteiger partial charge in [-0.25, -0.2) is 0 Å². The second-order valence-electron chi connectivity index (χ2n) is 5.02. The van der Waals surface area contributed by atoms with Crippen molar-refractivity contribution in [2.24, 2.45) is 11.8 Å². The van der Waals surface area contributed by atoms with Gasteiger partial charge in [-0.2, -0.15) is 13.2 Å². The van der Waals surface area contributed by atoms with Crippen LogP contribution in [0.1, 0.15) is 31.9 Å². The predicted octanol–water partition coefficient (Wildman–Crippen LogP) is 5.30. The van der Waals surface area contributed by atoms with Crippen molar-refractivity contribution in [2.75, 3.05) is 0 Å². The summed E-state index contributed by atoms with van der Waals surface area (Å²) in [7, 11) is 0. The molecule has 2 unspecified atom stereocenters. The van der Waals surface area contributed by atoms with E-state index in [1.807, 2.05) is 0 Å².